The Bertz CT molecular complexity index is 644. The fourth-order valence-electron chi connectivity index (χ4n) is 3.13. The van der Waals surface area contributed by atoms with Crippen LogP contribution in [0.1, 0.15) is 26.7 Å². The first kappa shape index (κ1) is 21.8. The second-order valence-corrected chi connectivity index (χ2v) is 6.99. The Kier molecular flexibility index (Phi) is 8.87. The minimum absolute atomic E-state index is 0.0695. The number of amides is 1. The monoisotopic (exact) mass is 391 g/mol. The van der Waals surface area contributed by atoms with Crippen molar-refractivity contribution >= 4 is 11.9 Å². The van der Waals surface area contributed by atoms with Gasteiger partial charge in [-0.05, 0) is 38.8 Å². The summed E-state index contributed by atoms with van der Waals surface area (Å²) in [5, 5.41) is 6.78. The lowest BCUT2D eigenvalue weighted by molar-refractivity contribution is -0.119. The van der Waals surface area contributed by atoms with Gasteiger partial charge in [-0.25, -0.2) is 4.99 Å². The van der Waals surface area contributed by atoms with E-state index in [-0.39, 0.29) is 12.0 Å². The summed E-state index contributed by atoms with van der Waals surface area (Å²) in [5.41, 5.74) is 5.27. The van der Waals surface area contributed by atoms with Crippen LogP contribution in [0.3, 0.4) is 0 Å². The van der Waals surface area contributed by atoms with Gasteiger partial charge in [0.15, 0.2) is 5.96 Å². The molecular weight excluding hydrogens is 358 g/mol. The molecule has 8 heteroatoms. The van der Waals surface area contributed by atoms with Crippen molar-refractivity contribution in [3.05, 3.63) is 24.3 Å². The lowest BCUT2D eigenvalue weighted by Gasteiger charge is -2.32. The van der Waals surface area contributed by atoms with Crippen LogP contribution < -0.4 is 25.8 Å². The SMILES string of the molecule is CCNC(=NCC(C)Oc1cccc(OC)c1)NC1CCN(CC(N)=O)CC1. The molecule has 156 valence electrons. The summed E-state index contributed by atoms with van der Waals surface area (Å²) in [6.07, 6.45) is 1.83. The second kappa shape index (κ2) is 11.4. The van der Waals surface area contributed by atoms with Gasteiger partial charge in [-0.15, -0.1) is 0 Å². The van der Waals surface area contributed by atoms with Crippen LogP contribution in [0.5, 0.6) is 11.5 Å². The molecule has 1 fully saturated rings. The van der Waals surface area contributed by atoms with Crippen LogP contribution in [0.15, 0.2) is 29.3 Å². The van der Waals surface area contributed by atoms with Crippen molar-refractivity contribution in [2.24, 2.45) is 10.7 Å². The second-order valence-electron chi connectivity index (χ2n) is 6.99. The van der Waals surface area contributed by atoms with Gasteiger partial charge in [-0.2, -0.15) is 0 Å². The molecule has 1 amide bonds. The summed E-state index contributed by atoms with van der Waals surface area (Å²) in [4.78, 5) is 17.8. The molecule has 2 rings (SSSR count). The summed E-state index contributed by atoms with van der Waals surface area (Å²) in [5.74, 6) is 2.05. The number of piperidine rings is 1. The number of ether oxygens (including phenoxy) is 2. The minimum Gasteiger partial charge on any atom is -0.497 e. The van der Waals surface area contributed by atoms with E-state index in [0.29, 0.717) is 19.1 Å². The maximum absolute atomic E-state index is 11.0. The Balaban J connectivity index is 1.83. The fraction of sp³-hybridized carbons (Fsp3) is 0.600. The highest BCUT2D eigenvalue weighted by Crippen LogP contribution is 2.20. The molecule has 4 N–H and O–H groups in total. The van der Waals surface area contributed by atoms with E-state index in [4.69, 9.17) is 15.2 Å². The molecule has 1 unspecified atom stereocenters. The standard InChI is InChI=1S/C20H33N5O3/c1-4-22-20(24-16-8-10-25(11-9-16)14-19(21)26)23-13-15(2)28-18-7-5-6-17(12-18)27-3/h5-7,12,15-16H,4,8-11,13-14H2,1-3H3,(H2,21,26)(H2,22,23,24). The molecule has 1 atom stereocenters. The van der Waals surface area contributed by atoms with Gasteiger partial charge >= 0.3 is 0 Å². The summed E-state index contributed by atoms with van der Waals surface area (Å²) >= 11 is 0. The zero-order valence-corrected chi connectivity index (χ0v) is 17.1. The third kappa shape index (κ3) is 7.64. The van der Waals surface area contributed by atoms with Gasteiger partial charge in [0.25, 0.3) is 0 Å². The molecule has 0 aromatic heterocycles. The van der Waals surface area contributed by atoms with E-state index < -0.39 is 0 Å². The van der Waals surface area contributed by atoms with Crippen LogP contribution in [-0.2, 0) is 4.79 Å². The third-order valence-electron chi connectivity index (χ3n) is 4.54. The number of carbonyl (C=O) groups is 1. The normalized spacial score (nSPS) is 17.0. The van der Waals surface area contributed by atoms with Crippen LogP contribution in [0, 0.1) is 0 Å². The molecule has 0 aliphatic carbocycles. The van der Waals surface area contributed by atoms with Crippen LogP contribution in [0.25, 0.3) is 0 Å². The molecular formula is C20H33N5O3. The first-order chi connectivity index (χ1) is 13.5. The lowest BCUT2D eigenvalue weighted by Crippen LogP contribution is -2.50. The average Bonchev–Trinajstić information content (AvgIpc) is 2.67. The quantitative estimate of drug-likeness (QED) is 0.428. The molecule has 8 nitrogen and oxygen atoms in total. The number of guanidine groups is 1. The lowest BCUT2D eigenvalue weighted by atomic mass is 10.1. The predicted molar refractivity (Wildman–Crippen MR) is 111 cm³/mol. The van der Waals surface area contributed by atoms with Crippen LogP contribution in [-0.4, -0.2) is 68.7 Å². The van der Waals surface area contributed by atoms with Crippen molar-refractivity contribution in [1.82, 2.24) is 15.5 Å². The average molecular weight is 392 g/mol. The molecule has 1 aromatic carbocycles. The largest absolute Gasteiger partial charge is 0.497 e. The summed E-state index contributed by atoms with van der Waals surface area (Å²) in [6, 6.07) is 7.89. The molecule has 0 bridgehead atoms. The predicted octanol–water partition coefficient (Wildman–Crippen LogP) is 0.967. The number of nitrogens with one attached hydrogen (secondary N) is 2. The molecule has 1 aliphatic heterocycles. The number of primary amides is 1. The van der Waals surface area contributed by atoms with Crippen molar-refractivity contribution in [1.29, 1.82) is 0 Å². The number of hydrogen-bond acceptors (Lipinski definition) is 5. The highest BCUT2D eigenvalue weighted by molar-refractivity contribution is 5.80. The van der Waals surface area contributed by atoms with E-state index in [1.165, 1.54) is 0 Å². The topological polar surface area (TPSA) is 101 Å². The Morgan fingerprint density at radius 3 is 2.71 bits per heavy atom. The van der Waals surface area contributed by atoms with Crippen LogP contribution in [0.4, 0.5) is 0 Å². The van der Waals surface area contributed by atoms with E-state index >= 15 is 0 Å². The van der Waals surface area contributed by atoms with Crippen molar-refractivity contribution in [3.8, 4) is 11.5 Å². The molecule has 1 aromatic rings. The van der Waals surface area contributed by atoms with Gasteiger partial charge in [0.05, 0.1) is 20.2 Å². The Hall–Kier alpha value is -2.48. The van der Waals surface area contributed by atoms with Crippen molar-refractivity contribution < 1.29 is 14.3 Å². The van der Waals surface area contributed by atoms with Gasteiger partial charge in [-0.3, -0.25) is 9.69 Å². The summed E-state index contributed by atoms with van der Waals surface area (Å²) < 4.78 is 11.2. The molecule has 1 aliphatic rings. The maximum Gasteiger partial charge on any atom is 0.231 e. The zero-order chi connectivity index (χ0) is 20.4. The minimum atomic E-state index is -0.272. The van der Waals surface area contributed by atoms with Crippen molar-refractivity contribution in [2.75, 3.05) is 39.8 Å². The first-order valence-corrected chi connectivity index (χ1v) is 9.86. The van der Waals surface area contributed by atoms with Gasteiger partial charge in [0.2, 0.25) is 5.91 Å². The molecule has 1 heterocycles. The van der Waals surface area contributed by atoms with E-state index in [2.05, 4.69) is 20.5 Å². The number of nitrogens with zero attached hydrogens (tertiary/aromatic N) is 2. The zero-order valence-electron chi connectivity index (χ0n) is 17.1. The van der Waals surface area contributed by atoms with E-state index in [1.54, 1.807) is 7.11 Å². The number of methoxy groups -OCH3 is 1. The van der Waals surface area contributed by atoms with Crippen molar-refractivity contribution in [2.45, 2.75) is 38.8 Å². The number of carbonyl (C=O) groups excluding carboxylic acids is 1. The van der Waals surface area contributed by atoms with Crippen molar-refractivity contribution in [3.63, 3.8) is 0 Å². The summed E-state index contributed by atoms with van der Waals surface area (Å²) in [6.45, 7) is 7.41. The Morgan fingerprint density at radius 2 is 2.07 bits per heavy atom. The molecule has 0 saturated carbocycles. The Labute approximate surface area is 167 Å². The number of likely N-dealkylation sites (tertiary alicyclic amines) is 1. The molecule has 1 saturated heterocycles. The highest BCUT2D eigenvalue weighted by Gasteiger charge is 2.20. The van der Waals surface area contributed by atoms with E-state index in [1.807, 2.05) is 38.1 Å². The first-order valence-electron chi connectivity index (χ1n) is 9.86. The number of benzene rings is 1. The van der Waals surface area contributed by atoms with Gasteiger partial charge in [0, 0.05) is 31.7 Å². The van der Waals surface area contributed by atoms with Crippen LogP contribution >= 0.6 is 0 Å². The molecule has 0 spiro atoms. The van der Waals surface area contributed by atoms with Crippen LogP contribution in [0.2, 0.25) is 0 Å². The highest BCUT2D eigenvalue weighted by atomic mass is 16.5. The number of nitrogens with two attached hydrogens (primary N) is 1. The maximum atomic E-state index is 11.0. The third-order valence-corrected chi connectivity index (χ3v) is 4.54. The number of rotatable bonds is 9. The molecule has 28 heavy (non-hydrogen) atoms. The van der Waals surface area contributed by atoms with Gasteiger partial charge < -0.3 is 25.8 Å². The Morgan fingerprint density at radius 1 is 1.36 bits per heavy atom. The summed E-state index contributed by atoms with van der Waals surface area (Å²) in [7, 11) is 1.64. The molecule has 0 radical (unpaired) electrons. The van der Waals surface area contributed by atoms with Gasteiger partial charge in [0.1, 0.15) is 17.6 Å². The fourth-order valence-corrected chi connectivity index (χ4v) is 3.13. The van der Waals surface area contributed by atoms with E-state index in [9.17, 15) is 4.79 Å². The smallest absolute Gasteiger partial charge is 0.231 e. The number of hydrogen-bond donors (Lipinski definition) is 3. The number of aliphatic imine (C=N–C) groups is 1. The van der Waals surface area contributed by atoms with E-state index in [0.717, 1.165) is 49.9 Å². The van der Waals surface area contributed by atoms with Gasteiger partial charge in [-0.1, -0.05) is 6.07 Å².